The fourth-order valence-corrected chi connectivity index (χ4v) is 1.09. The average Bonchev–Trinajstić information content (AvgIpc) is 2.35. The molecule has 3 N–H and O–H groups in total. The molecule has 0 spiro atoms. The van der Waals surface area contributed by atoms with Crippen LogP contribution < -0.4 is 15.2 Å². The number of halogens is 4. The molecule has 0 aromatic heterocycles. The Balaban J connectivity index is 2.67. The third-order valence-corrected chi connectivity index (χ3v) is 2.03. The van der Waals surface area contributed by atoms with Crippen molar-refractivity contribution in [1.82, 2.24) is 0 Å². The molecule has 1 rings (SSSR count). The van der Waals surface area contributed by atoms with E-state index in [1.54, 1.807) is 0 Å². The van der Waals surface area contributed by atoms with Crippen LogP contribution in [0.3, 0.4) is 0 Å². The van der Waals surface area contributed by atoms with Gasteiger partial charge in [0, 0.05) is 12.6 Å². The normalized spacial score (nSPS) is 13.4. The second-order valence-corrected chi connectivity index (χ2v) is 3.64. The molecule has 1 aromatic rings. The average molecular weight is 283 g/mol. The second-order valence-electron chi connectivity index (χ2n) is 3.64. The molecule has 1 unspecified atom stereocenters. The van der Waals surface area contributed by atoms with Crippen LogP contribution in [-0.2, 0) is 0 Å². The van der Waals surface area contributed by atoms with Crippen LogP contribution >= 0.6 is 0 Å². The summed E-state index contributed by atoms with van der Waals surface area (Å²) in [6.45, 7) is -0.176. The molecule has 19 heavy (non-hydrogen) atoms. The van der Waals surface area contributed by atoms with E-state index in [0.717, 1.165) is 12.1 Å². The molecule has 0 amide bonds. The maximum atomic E-state index is 12.7. The number of ether oxygens (including phenoxy) is 2. The van der Waals surface area contributed by atoms with E-state index < -0.39 is 24.4 Å². The van der Waals surface area contributed by atoms with Gasteiger partial charge < -0.3 is 20.3 Å². The molecular weight excluding hydrogens is 270 g/mol. The predicted octanol–water partition coefficient (Wildman–Crippen LogP) is 1.62. The Hall–Kier alpha value is -1.54. The van der Waals surface area contributed by atoms with E-state index in [4.69, 9.17) is 15.6 Å². The molecule has 4 nitrogen and oxygen atoms in total. The first-order valence-electron chi connectivity index (χ1n) is 5.31. The van der Waals surface area contributed by atoms with Gasteiger partial charge in [-0.25, -0.2) is 0 Å². The lowest BCUT2D eigenvalue weighted by Gasteiger charge is -2.17. The second kappa shape index (κ2) is 6.58. The maximum Gasteiger partial charge on any atom is 0.461 e. The molecule has 108 valence electrons. The third kappa shape index (κ3) is 4.92. The van der Waals surface area contributed by atoms with Gasteiger partial charge in [-0.2, -0.15) is 17.6 Å². The van der Waals surface area contributed by atoms with Crippen molar-refractivity contribution in [2.24, 2.45) is 5.73 Å². The van der Waals surface area contributed by atoms with Crippen LogP contribution in [0.1, 0.15) is 0 Å². The number of nitrogens with two attached hydrogens (primary N) is 1. The number of aliphatic hydroxyl groups excluding tert-OH is 1. The lowest BCUT2D eigenvalue weighted by molar-refractivity contribution is -0.253. The van der Waals surface area contributed by atoms with E-state index in [1.807, 2.05) is 0 Å². The van der Waals surface area contributed by atoms with Crippen molar-refractivity contribution in [3.05, 3.63) is 24.3 Å². The number of rotatable bonds is 7. The highest BCUT2D eigenvalue weighted by molar-refractivity contribution is 5.33. The first-order chi connectivity index (χ1) is 8.85. The molecule has 0 aliphatic heterocycles. The summed E-state index contributed by atoms with van der Waals surface area (Å²) < 4.78 is 58.1. The summed E-state index contributed by atoms with van der Waals surface area (Å²) in [6.07, 6.45) is -9.42. The van der Waals surface area contributed by atoms with Gasteiger partial charge in [-0.3, -0.25) is 0 Å². The Labute approximate surface area is 106 Å². The topological polar surface area (TPSA) is 64.7 Å². The molecule has 1 aromatic carbocycles. The van der Waals surface area contributed by atoms with Crippen LogP contribution in [0, 0.1) is 0 Å². The van der Waals surface area contributed by atoms with Crippen molar-refractivity contribution in [3.8, 4) is 11.5 Å². The molecule has 0 radical (unpaired) electrons. The highest BCUT2D eigenvalue weighted by Crippen LogP contribution is 2.29. The number of aliphatic hydroxyl groups is 1. The van der Waals surface area contributed by atoms with Crippen molar-refractivity contribution in [1.29, 1.82) is 0 Å². The Morgan fingerprint density at radius 2 is 1.89 bits per heavy atom. The summed E-state index contributed by atoms with van der Waals surface area (Å²) in [6, 6.07) is 4.79. The SMILES string of the molecule is NCC(O)COc1cccc(OC(F)(F)C(F)F)c1. The zero-order valence-corrected chi connectivity index (χ0v) is 9.73. The standard InChI is InChI=1S/C11H13F4NO3/c12-10(13)11(14,15)19-9-3-1-2-8(4-9)18-6-7(17)5-16/h1-4,7,10,17H,5-6,16H2. The fourth-order valence-electron chi connectivity index (χ4n) is 1.09. The van der Waals surface area contributed by atoms with Gasteiger partial charge >= 0.3 is 12.5 Å². The van der Waals surface area contributed by atoms with Crippen molar-refractivity contribution in [3.63, 3.8) is 0 Å². The van der Waals surface area contributed by atoms with Gasteiger partial charge in [0.15, 0.2) is 0 Å². The van der Waals surface area contributed by atoms with E-state index in [2.05, 4.69) is 4.74 Å². The lowest BCUT2D eigenvalue weighted by atomic mass is 10.3. The quantitative estimate of drug-likeness (QED) is 0.746. The molecule has 0 aliphatic carbocycles. The Morgan fingerprint density at radius 3 is 2.47 bits per heavy atom. The predicted molar refractivity (Wildman–Crippen MR) is 58.6 cm³/mol. The molecule has 0 aliphatic rings. The van der Waals surface area contributed by atoms with Crippen LogP contribution in [0.2, 0.25) is 0 Å². The van der Waals surface area contributed by atoms with E-state index in [0.29, 0.717) is 0 Å². The van der Waals surface area contributed by atoms with Gasteiger partial charge in [-0.05, 0) is 12.1 Å². The first-order valence-corrected chi connectivity index (χ1v) is 5.31. The van der Waals surface area contributed by atoms with Gasteiger partial charge in [0.05, 0.1) is 0 Å². The van der Waals surface area contributed by atoms with Gasteiger partial charge in [0.1, 0.15) is 24.2 Å². The number of benzene rings is 1. The van der Waals surface area contributed by atoms with E-state index in [1.165, 1.54) is 12.1 Å². The molecule has 0 fully saturated rings. The number of hydrogen-bond acceptors (Lipinski definition) is 4. The minimum atomic E-state index is -4.57. The minimum absolute atomic E-state index is 0.0281. The molecule has 0 heterocycles. The van der Waals surface area contributed by atoms with Crippen molar-refractivity contribution < 1.29 is 32.1 Å². The summed E-state index contributed by atoms with van der Waals surface area (Å²) in [5, 5.41) is 9.15. The van der Waals surface area contributed by atoms with E-state index in [-0.39, 0.29) is 18.9 Å². The van der Waals surface area contributed by atoms with Crippen molar-refractivity contribution >= 4 is 0 Å². The highest BCUT2D eigenvalue weighted by atomic mass is 19.3. The highest BCUT2D eigenvalue weighted by Gasteiger charge is 2.43. The van der Waals surface area contributed by atoms with Crippen molar-refractivity contribution in [2.75, 3.05) is 13.2 Å². The summed E-state index contributed by atoms with van der Waals surface area (Å²) in [5.74, 6) is -0.375. The molecule has 1 atom stereocenters. The largest absolute Gasteiger partial charge is 0.491 e. The van der Waals surface area contributed by atoms with Gasteiger partial charge in [0.2, 0.25) is 0 Å². The molecule has 0 saturated carbocycles. The summed E-state index contributed by atoms with van der Waals surface area (Å²) in [5.41, 5.74) is 5.15. The van der Waals surface area contributed by atoms with Gasteiger partial charge in [-0.1, -0.05) is 6.07 Å². The monoisotopic (exact) mass is 283 g/mol. The van der Waals surface area contributed by atoms with Gasteiger partial charge in [-0.15, -0.1) is 0 Å². The third-order valence-electron chi connectivity index (χ3n) is 2.03. The maximum absolute atomic E-state index is 12.7. The summed E-state index contributed by atoms with van der Waals surface area (Å²) in [7, 11) is 0. The van der Waals surface area contributed by atoms with Crippen molar-refractivity contribution in [2.45, 2.75) is 18.6 Å². The van der Waals surface area contributed by atoms with Crippen LogP contribution in [0.4, 0.5) is 17.6 Å². The molecular formula is C11H13F4NO3. The minimum Gasteiger partial charge on any atom is -0.491 e. The lowest BCUT2D eigenvalue weighted by Crippen LogP contribution is -2.33. The van der Waals surface area contributed by atoms with Gasteiger partial charge in [0.25, 0.3) is 0 Å². The Kier molecular flexibility index (Phi) is 5.37. The smallest absolute Gasteiger partial charge is 0.461 e. The van der Waals surface area contributed by atoms with E-state index >= 15 is 0 Å². The summed E-state index contributed by atoms with van der Waals surface area (Å²) >= 11 is 0. The first kappa shape index (κ1) is 15.5. The zero-order valence-electron chi connectivity index (χ0n) is 9.73. The number of alkyl halides is 4. The number of hydrogen-bond donors (Lipinski definition) is 2. The van der Waals surface area contributed by atoms with Crippen LogP contribution in [0.25, 0.3) is 0 Å². The molecule has 0 saturated heterocycles. The van der Waals surface area contributed by atoms with E-state index in [9.17, 15) is 17.6 Å². The Bertz CT molecular complexity index is 403. The van der Waals surface area contributed by atoms with Crippen LogP contribution in [0.15, 0.2) is 24.3 Å². The molecule has 8 heteroatoms. The molecule has 0 bridgehead atoms. The summed E-state index contributed by atoms with van der Waals surface area (Å²) in [4.78, 5) is 0. The zero-order chi connectivity index (χ0) is 14.5. The van der Waals surface area contributed by atoms with Crippen LogP contribution in [0.5, 0.6) is 11.5 Å². The fraction of sp³-hybridized carbons (Fsp3) is 0.455. The Morgan fingerprint density at radius 1 is 1.26 bits per heavy atom. The van der Waals surface area contributed by atoms with Crippen LogP contribution in [-0.4, -0.2) is 36.9 Å².